The van der Waals surface area contributed by atoms with Gasteiger partial charge in [-0.3, -0.25) is 14.4 Å². The Morgan fingerprint density at radius 1 is 0.722 bits per heavy atom. The first-order valence-electron chi connectivity index (χ1n) is 13.6. The molecule has 2 aromatic rings. The molecule has 190 valence electrons. The van der Waals surface area contributed by atoms with Gasteiger partial charge in [-0.2, -0.15) is 0 Å². The minimum absolute atomic E-state index is 0.108. The van der Waals surface area contributed by atoms with Gasteiger partial charge >= 0.3 is 0 Å². The summed E-state index contributed by atoms with van der Waals surface area (Å²) in [7, 11) is 0. The van der Waals surface area contributed by atoms with Crippen LogP contribution >= 0.6 is 0 Å². The molecular formula is C30H37N3O3. The molecule has 2 fully saturated rings. The molecule has 2 heterocycles. The number of carbonyl (C=O) groups excluding carboxylic acids is 3. The molecule has 1 aliphatic carbocycles. The van der Waals surface area contributed by atoms with Gasteiger partial charge in [-0.05, 0) is 49.3 Å². The maximum Gasteiger partial charge on any atom is 0.230 e. The molecule has 6 nitrogen and oxygen atoms in total. The van der Waals surface area contributed by atoms with E-state index >= 15 is 0 Å². The number of aryl methyl sites for hydroxylation is 1. The summed E-state index contributed by atoms with van der Waals surface area (Å²) >= 11 is 0. The number of rotatable bonds is 6. The van der Waals surface area contributed by atoms with Gasteiger partial charge in [-0.15, -0.1) is 0 Å². The fourth-order valence-electron chi connectivity index (χ4n) is 6.15. The smallest absolute Gasteiger partial charge is 0.230 e. The van der Waals surface area contributed by atoms with Crippen molar-refractivity contribution in [3.63, 3.8) is 0 Å². The molecule has 5 rings (SSSR count). The molecule has 0 N–H and O–H groups in total. The summed E-state index contributed by atoms with van der Waals surface area (Å²) in [6.07, 6.45) is 6.74. The third kappa shape index (κ3) is 5.32. The van der Waals surface area contributed by atoms with Gasteiger partial charge < -0.3 is 14.7 Å². The van der Waals surface area contributed by atoms with Crippen molar-refractivity contribution in [3.05, 3.63) is 65.7 Å². The molecular weight excluding hydrogens is 450 g/mol. The SMILES string of the molecule is O=C(CCCc1ccccc1)N1CCN(C(=O)C2CCCCC2C(=O)N2CCc3ccccc32)CC1. The lowest BCUT2D eigenvalue weighted by molar-refractivity contribution is -0.146. The maximum atomic E-state index is 13.6. The van der Waals surface area contributed by atoms with Gasteiger partial charge in [0.25, 0.3) is 0 Å². The summed E-state index contributed by atoms with van der Waals surface area (Å²) < 4.78 is 0. The Balaban J connectivity index is 1.14. The summed E-state index contributed by atoms with van der Waals surface area (Å²) in [6.45, 7) is 3.00. The fraction of sp³-hybridized carbons (Fsp3) is 0.500. The normalized spacial score (nSPS) is 21.8. The van der Waals surface area contributed by atoms with Crippen LogP contribution in [0.3, 0.4) is 0 Å². The van der Waals surface area contributed by atoms with Crippen molar-refractivity contribution in [3.8, 4) is 0 Å². The average Bonchev–Trinajstić information content (AvgIpc) is 3.37. The van der Waals surface area contributed by atoms with Crippen LogP contribution in [0.1, 0.15) is 49.7 Å². The Labute approximate surface area is 214 Å². The van der Waals surface area contributed by atoms with Crippen molar-refractivity contribution in [1.82, 2.24) is 9.80 Å². The van der Waals surface area contributed by atoms with E-state index in [-0.39, 0.29) is 29.6 Å². The molecule has 0 spiro atoms. The second kappa shape index (κ2) is 11.3. The second-order valence-electron chi connectivity index (χ2n) is 10.4. The number of hydrogen-bond acceptors (Lipinski definition) is 3. The highest BCUT2D eigenvalue weighted by Crippen LogP contribution is 2.36. The van der Waals surface area contributed by atoms with Crippen molar-refractivity contribution < 1.29 is 14.4 Å². The lowest BCUT2D eigenvalue weighted by Gasteiger charge is -2.39. The zero-order chi connectivity index (χ0) is 24.9. The van der Waals surface area contributed by atoms with Gasteiger partial charge in [0.2, 0.25) is 17.7 Å². The maximum absolute atomic E-state index is 13.6. The van der Waals surface area contributed by atoms with Gasteiger partial charge in [0.05, 0.1) is 5.92 Å². The van der Waals surface area contributed by atoms with E-state index in [4.69, 9.17) is 0 Å². The van der Waals surface area contributed by atoms with Crippen molar-refractivity contribution >= 4 is 23.4 Å². The van der Waals surface area contributed by atoms with Crippen molar-refractivity contribution in [2.75, 3.05) is 37.6 Å². The monoisotopic (exact) mass is 487 g/mol. The quantitative estimate of drug-likeness (QED) is 0.617. The fourth-order valence-corrected chi connectivity index (χ4v) is 6.15. The third-order valence-electron chi connectivity index (χ3n) is 8.20. The highest BCUT2D eigenvalue weighted by Gasteiger charge is 2.41. The van der Waals surface area contributed by atoms with Crippen LogP contribution in [0.5, 0.6) is 0 Å². The molecule has 2 atom stereocenters. The first-order chi connectivity index (χ1) is 17.6. The van der Waals surface area contributed by atoms with E-state index in [1.54, 1.807) is 0 Å². The molecule has 0 aromatic heterocycles. The van der Waals surface area contributed by atoms with Gasteiger partial charge in [0, 0.05) is 50.7 Å². The standard InChI is InChI=1S/C30H37N3O3/c34-28(16-8-11-23-9-2-1-3-10-23)31-19-21-32(22-20-31)29(35)25-13-5-6-14-26(25)30(36)33-18-17-24-12-4-7-15-27(24)33/h1-4,7,9-10,12,15,25-26H,5-6,8,11,13-14,16-22H2. The number of para-hydroxylation sites is 1. The highest BCUT2D eigenvalue weighted by atomic mass is 16.2. The van der Waals surface area contributed by atoms with E-state index in [0.29, 0.717) is 39.1 Å². The molecule has 36 heavy (non-hydrogen) atoms. The van der Waals surface area contributed by atoms with Crippen molar-refractivity contribution in [2.24, 2.45) is 11.8 Å². The van der Waals surface area contributed by atoms with E-state index in [0.717, 1.165) is 50.6 Å². The van der Waals surface area contributed by atoms with Crippen LogP contribution in [0.25, 0.3) is 0 Å². The Morgan fingerprint density at radius 3 is 2.11 bits per heavy atom. The Bertz CT molecular complexity index is 1080. The highest BCUT2D eigenvalue weighted by molar-refractivity contribution is 5.99. The van der Waals surface area contributed by atoms with E-state index in [1.165, 1.54) is 11.1 Å². The van der Waals surface area contributed by atoms with E-state index in [9.17, 15) is 14.4 Å². The van der Waals surface area contributed by atoms with Crippen molar-refractivity contribution in [2.45, 2.75) is 51.4 Å². The number of carbonyl (C=O) groups is 3. The van der Waals surface area contributed by atoms with Crippen LogP contribution in [-0.4, -0.2) is 60.2 Å². The summed E-state index contributed by atoms with van der Waals surface area (Å²) in [5.41, 5.74) is 3.49. The van der Waals surface area contributed by atoms with E-state index in [1.807, 2.05) is 51.1 Å². The largest absolute Gasteiger partial charge is 0.339 e. The van der Waals surface area contributed by atoms with Crippen LogP contribution in [0.15, 0.2) is 54.6 Å². The number of hydrogen-bond donors (Lipinski definition) is 0. The summed E-state index contributed by atoms with van der Waals surface area (Å²) in [6, 6.07) is 18.4. The lowest BCUT2D eigenvalue weighted by Crippen LogP contribution is -2.54. The number of benzene rings is 2. The van der Waals surface area contributed by atoms with Crippen LogP contribution in [0.4, 0.5) is 5.69 Å². The van der Waals surface area contributed by atoms with Crippen LogP contribution in [0, 0.1) is 11.8 Å². The lowest BCUT2D eigenvalue weighted by atomic mass is 9.77. The second-order valence-corrected chi connectivity index (χ2v) is 10.4. The van der Waals surface area contributed by atoms with Gasteiger partial charge in [0.15, 0.2) is 0 Å². The number of amides is 3. The zero-order valence-corrected chi connectivity index (χ0v) is 21.1. The molecule has 1 saturated carbocycles. The van der Waals surface area contributed by atoms with Crippen LogP contribution in [0.2, 0.25) is 0 Å². The number of anilines is 1. The minimum Gasteiger partial charge on any atom is -0.339 e. The molecule has 1 saturated heterocycles. The number of fused-ring (bicyclic) bond motifs is 1. The molecule has 2 aromatic carbocycles. The zero-order valence-electron chi connectivity index (χ0n) is 21.1. The molecule has 3 amide bonds. The molecule has 0 radical (unpaired) electrons. The van der Waals surface area contributed by atoms with E-state index in [2.05, 4.69) is 18.2 Å². The van der Waals surface area contributed by atoms with E-state index < -0.39 is 0 Å². The number of nitrogens with zero attached hydrogens (tertiary/aromatic N) is 3. The van der Waals surface area contributed by atoms with Crippen LogP contribution < -0.4 is 4.90 Å². The predicted molar refractivity (Wildman–Crippen MR) is 140 cm³/mol. The Morgan fingerprint density at radius 2 is 1.36 bits per heavy atom. The van der Waals surface area contributed by atoms with Gasteiger partial charge in [0.1, 0.15) is 0 Å². The molecule has 2 aliphatic heterocycles. The van der Waals surface area contributed by atoms with Crippen LogP contribution in [-0.2, 0) is 27.2 Å². The summed E-state index contributed by atoms with van der Waals surface area (Å²) in [5.74, 6) is -0.0828. The third-order valence-corrected chi connectivity index (χ3v) is 8.20. The van der Waals surface area contributed by atoms with Gasteiger partial charge in [-0.1, -0.05) is 61.4 Å². The Hall–Kier alpha value is -3.15. The summed E-state index contributed by atoms with van der Waals surface area (Å²) in [4.78, 5) is 45.6. The van der Waals surface area contributed by atoms with Gasteiger partial charge in [-0.25, -0.2) is 0 Å². The molecule has 2 unspecified atom stereocenters. The molecule has 0 bridgehead atoms. The number of piperazine rings is 1. The minimum atomic E-state index is -0.243. The first kappa shape index (κ1) is 24.5. The molecule has 3 aliphatic rings. The average molecular weight is 488 g/mol. The summed E-state index contributed by atoms with van der Waals surface area (Å²) in [5, 5.41) is 0. The Kier molecular flexibility index (Phi) is 7.69. The first-order valence-corrected chi connectivity index (χ1v) is 13.6. The van der Waals surface area contributed by atoms with Crippen molar-refractivity contribution in [1.29, 1.82) is 0 Å². The topological polar surface area (TPSA) is 60.9 Å². The predicted octanol–water partition coefficient (Wildman–Crippen LogP) is 4.08. The molecule has 6 heteroatoms.